The number of hydrogen-bond acceptors (Lipinski definition) is 2. The molecule has 108 valence electrons. The Morgan fingerprint density at radius 2 is 1.42 bits per heavy atom. The van der Waals surface area contributed by atoms with Crippen LogP contribution in [-0.4, -0.2) is 24.0 Å². The van der Waals surface area contributed by atoms with Crippen LogP contribution < -0.4 is 5.19 Å². The van der Waals surface area contributed by atoms with E-state index in [1.54, 1.807) is 7.11 Å². The molecule has 0 amide bonds. The maximum atomic E-state index is 12.5. The van der Waals surface area contributed by atoms with Gasteiger partial charge in [-0.25, -0.2) is 0 Å². The number of rotatable bonds is 4. The highest BCUT2D eigenvalue weighted by molar-refractivity contribution is 6.90. The molecule has 19 heavy (non-hydrogen) atoms. The van der Waals surface area contributed by atoms with Crippen LogP contribution in [0.5, 0.6) is 0 Å². The quantitative estimate of drug-likeness (QED) is 0.793. The Balaban J connectivity index is 2.97. The minimum Gasteiger partial charge on any atom is -0.432 e. The monoisotopic (exact) mass is 308 g/mol. The highest BCUT2D eigenvalue weighted by Crippen LogP contribution is 2.28. The van der Waals surface area contributed by atoms with Crippen molar-refractivity contribution in [1.29, 1.82) is 0 Å². The SMILES string of the molecule is CO[Si](C)(C)O[Si](C)(C)c1ccc(C(F)(F)F)cc1. The summed E-state index contributed by atoms with van der Waals surface area (Å²) in [7, 11) is -2.85. The molecule has 0 N–H and O–H groups in total. The molecule has 0 heterocycles. The third-order valence-electron chi connectivity index (χ3n) is 2.90. The van der Waals surface area contributed by atoms with Gasteiger partial charge in [0.15, 0.2) is 0 Å². The van der Waals surface area contributed by atoms with Crippen molar-refractivity contribution in [3.8, 4) is 0 Å². The Kier molecular flexibility index (Phi) is 4.66. The molecule has 0 aromatic heterocycles. The van der Waals surface area contributed by atoms with Crippen molar-refractivity contribution in [2.45, 2.75) is 32.4 Å². The summed E-state index contributed by atoms with van der Waals surface area (Å²) in [4.78, 5) is 0. The standard InChI is InChI=1S/C12H19F3O2Si2/c1-16-19(4,5)17-18(2,3)11-8-6-10(7-9-11)12(13,14)15/h6-9H,1-5H3. The Hall–Kier alpha value is -0.636. The van der Waals surface area contributed by atoms with Crippen LogP contribution in [0.3, 0.4) is 0 Å². The van der Waals surface area contributed by atoms with Crippen LogP contribution in [0, 0.1) is 0 Å². The molecule has 0 saturated carbocycles. The van der Waals surface area contributed by atoms with E-state index in [2.05, 4.69) is 0 Å². The molecule has 0 fully saturated rings. The summed E-state index contributed by atoms with van der Waals surface area (Å²) >= 11 is 0. The van der Waals surface area contributed by atoms with Crippen LogP contribution in [-0.2, 0) is 14.7 Å². The molecule has 0 atom stereocenters. The average molecular weight is 308 g/mol. The Bertz CT molecular complexity index is 428. The van der Waals surface area contributed by atoms with Crippen LogP contribution in [0.4, 0.5) is 13.2 Å². The molecule has 1 aromatic carbocycles. The fraction of sp³-hybridized carbons (Fsp3) is 0.500. The smallest absolute Gasteiger partial charge is 0.416 e. The maximum Gasteiger partial charge on any atom is 0.416 e. The molecule has 2 nitrogen and oxygen atoms in total. The lowest BCUT2D eigenvalue weighted by Crippen LogP contribution is -2.53. The molecule has 0 saturated heterocycles. The molecule has 0 unspecified atom stereocenters. The Morgan fingerprint density at radius 3 is 1.79 bits per heavy atom. The van der Waals surface area contributed by atoms with Crippen LogP contribution in [0.25, 0.3) is 0 Å². The predicted molar refractivity (Wildman–Crippen MR) is 74.1 cm³/mol. The zero-order valence-corrected chi connectivity index (χ0v) is 13.8. The molecule has 0 radical (unpaired) electrons. The molecular formula is C12H19F3O2Si2. The van der Waals surface area contributed by atoms with Gasteiger partial charge in [0.2, 0.25) is 8.32 Å². The minimum atomic E-state index is -4.30. The van der Waals surface area contributed by atoms with Gasteiger partial charge in [-0.2, -0.15) is 13.2 Å². The van der Waals surface area contributed by atoms with Crippen molar-refractivity contribution in [1.82, 2.24) is 0 Å². The first kappa shape index (κ1) is 16.4. The van der Waals surface area contributed by atoms with Gasteiger partial charge in [0.25, 0.3) is 0 Å². The predicted octanol–water partition coefficient (Wildman–Crippen LogP) is 3.48. The third kappa shape index (κ3) is 4.45. The number of hydrogen-bond donors (Lipinski definition) is 0. The molecule has 0 aliphatic heterocycles. The minimum absolute atomic E-state index is 0.635. The highest BCUT2D eigenvalue weighted by Gasteiger charge is 2.36. The molecule has 0 aliphatic rings. The third-order valence-corrected chi connectivity index (χ3v) is 9.61. The van der Waals surface area contributed by atoms with Crippen molar-refractivity contribution < 1.29 is 21.7 Å². The van der Waals surface area contributed by atoms with Gasteiger partial charge >= 0.3 is 14.7 Å². The normalized spacial score (nSPS) is 13.7. The number of benzene rings is 1. The molecule has 7 heteroatoms. The lowest BCUT2D eigenvalue weighted by atomic mass is 10.2. The zero-order valence-electron chi connectivity index (χ0n) is 11.8. The Morgan fingerprint density at radius 1 is 0.947 bits per heavy atom. The van der Waals surface area contributed by atoms with Gasteiger partial charge in [-0.15, -0.1) is 0 Å². The second-order valence-electron chi connectivity index (χ2n) is 5.29. The van der Waals surface area contributed by atoms with Gasteiger partial charge in [0, 0.05) is 7.11 Å². The van der Waals surface area contributed by atoms with E-state index in [0.717, 1.165) is 17.3 Å². The number of halogens is 3. The summed E-state index contributed by atoms with van der Waals surface area (Å²) in [6.07, 6.45) is -4.30. The molecule has 0 aliphatic carbocycles. The van der Waals surface area contributed by atoms with E-state index in [-0.39, 0.29) is 0 Å². The van der Waals surface area contributed by atoms with Gasteiger partial charge in [-0.1, -0.05) is 24.3 Å². The van der Waals surface area contributed by atoms with Crippen molar-refractivity contribution >= 4 is 22.1 Å². The van der Waals surface area contributed by atoms with E-state index in [4.69, 9.17) is 8.54 Å². The van der Waals surface area contributed by atoms with Gasteiger partial charge < -0.3 is 8.54 Å². The van der Waals surface area contributed by atoms with E-state index < -0.39 is 28.6 Å². The zero-order chi connectivity index (χ0) is 14.9. The molecule has 1 aromatic rings. The first-order chi connectivity index (χ1) is 8.48. The fourth-order valence-electron chi connectivity index (χ4n) is 1.78. The maximum absolute atomic E-state index is 12.5. The molecule has 0 bridgehead atoms. The molecule has 0 spiro atoms. The fourth-order valence-corrected chi connectivity index (χ4v) is 8.47. The van der Waals surface area contributed by atoms with Gasteiger partial charge in [-0.3, -0.25) is 0 Å². The first-order valence-electron chi connectivity index (χ1n) is 5.91. The second kappa shape index (κ2) is 5.39. The van der Waals surface area contributed by atoms with Gasteiger partial charge in [0.05, 0.1) is 5.56 Å². The van der Waals surface area contributed by atoms with E-state index in [1.807, 2.05) is 26.2 Å². The summed E-state index contributed by atoms with van der Waals surface area (Å²) < 4.78 is 48.9. The lowest BCUT2D eigenvalue weighted by Gasteiger charge is -2.32. The van der Waals surface area contributed by atoms with Gasteiger partial charge in [-0.05, 0) is 31.4 Å². The van der Waals surface area contributed by atoms with Crippen LogP contribution in [0.2, 0.25) is 26.2 Å². The summed E-state index contributed by atoms with van der Waals surface area (Å²) in [5, 5.41) is 0.832. The summed E-state index contributed by atoms with van der Waals surface area (Å²) in [5.74, 6) is 0. The van der Waals surface area contributed by atoms with Crippen molar-refractivity contribution in [3.05, 3.63) is 29.8 Å². The van der Waals surface area contributed by atoms with E-state index >= 15 is 0 Å². The van der Waals surface area contributed by atoms with Crippen LogP contribution in [0.1, 0.15) is 5.56 Å². The summed E-state index contributed by atoms with van der Waals surface area (Å²) in [5.41, 5.74) is -0.635. The van der Waals surface area contributed by atoms with E-state index in [0.29, 0.717) is 0 Å². The van der Waals surface area contributed by atoms with Crippen LogP contribution >= 0.6 is 0 Å². The summed E-state index contributed by atoms with van der Waals surface area (Å²) in [6, 6.07) is 5.23. The van der Waals surface area contributed by atoms with Crippen molar-refractivity contribution in [2.75, 3.05) is 7.11 Å². The summed E-state index contributed by atoms with van der Waals surface area (Å²) in [6.45, 7) is 7.77. The lowest BCUT2D eigenvalue weighted by molar-refractivity contribution is -0.137. The van der Waals surface area contributed by atoms with E-state index in [1.165, 1.54) is 12.1 Å². The van der Waals surface area contributed by atoms with Crippen LogP contribution in [0.15, 0.2) is 24.3 Å². The average Bonchev–Trinajstić information content (AvgIpc) is 2.27. The number of alkyl halides is 3. The largest absolute Gasteiger partial charge is 0.432 e. The second-order valence-corrected chi connectivity index (χ2v) is 12.9. The molecular weight excluding hydrogens is 289 g/mol. The van der Waals surface area contributed by atoms with Crippen molar-refractivity contribution in [3.63, 3.8) is 0 Å². The van der Waals surface area contributed by atoms with E-state index in [9.17, 15) is 13.2 Å². The topological polar surface area (TPSA) is 18.5 Å². The van der Waals surface area contributed by atoms with Crippen molar-refractivity contribution in [2.24, 2.45) is 0 Å². The Labute approximate surface area is 113 Å². The first-order valence-corrected chi connectivity index (χ1v) is 11.6. The molecule has 1 rings (SSSR count). The van der Waals surface area contributed by atoms with Gasteiger partial charge in [0.1, 0.15) is 0 Å². The highest BCUT2D eigenvalue weighted by atomic mass is 28.4.